The molecule has 0 saturated heterocycles. The average Bonchev–Trinajstić information content (AvgIpc) is 2.29. The highest BCUT2D eigenvalue weighted by Crippen LogP contribution is 2.22. The van der Waals surface area contributed by atoms with Gasteiger partial charge in [0.15, 0.2) is 0 Å². The quantitative estimate of drug-likeness (QED) is 0.751. The summed E-state index contributed by atoms with van der Waals surface area (Å²) in [6.45, 7) is 0. The minimum absolute atomic E-state index is 0.306. The van der Waals surface area contributed by atoms with E-state index < -0.39 is 16.9 Å². The van der Waals surface area contributed by atoms with Gasteiger partial charge in [0.2, 0.25) is 0 Å². The Morgan fingerprint density at radius 3 is 2.25 bits per heavy atom. The van der Waals surface area contributed by atoms with Gasteiger partial charge in [0.1, 0.15) is 5.82 Å². The highest BCUT2D eigenvalue weighted by molar-refractivity contribution is 7.79. The second-order valence-electron chi connectivity index (χ2n) is 3.25. The number of benzene rings is 2. The van der Waals surface area contributed by atoms with Crippen molar-refractivity contribution in [1.29, 1.82) is 0 Å². The fourth-order valence-electron chi connectivity index (χ4n) is 1.45. The van der Waals surface area contributed by atoms with Crippen LogP contribution in [0.4, 0.5) is 4.39 Å². The third-order valence-electron chi connectivity index (χ3n) is 2.22. The SMILES string of the molecule is O=S([O-])c1ccc(-c2ccccc2)cc1F. The van der Waals surface area contributed by atoms with Crippen LogP contribution in [0.15, 0.2) is 53.4 Å². The average molecular weight is 235 g/mol. The zero-order valence-corrected chi connectivity index (χ0v) is 9.04. The second kappa shape index (κ2) is 4.55. The first-order valence-electron chi connectivity index (χ1n) is 4.63. The van der Waals surface area contributed by atoms with E-state index in [1.807, 2.05) is 30.3 Å². The van der Waals surface area contributed by atoms with Gasteiger partial charge in [0.25, 0.3) is 0 Å². The zero-order valence-electron chi connectivity index (χ0n) is 8.22. The van der Waals surface area contributed by atoms with E-state index in [0.717, 1.165) is 5.56 Å². The molecule has 0 N–H and O–H groups in total. The smallest absolute Gasteiger partial charge is 0.138 e. The molecule has 0 heterocycles. The fourth-order valence-corrected chi connectivity index (χ4v) is 1.84. The van der Waals surface area contributed by atoms with Crippen LogP contribution in [0.25, 0.3) is 11.1 Å². The molecule has 0 saturated carbocycles. The first-order chi connectivity index (χ1) is 7.68. The maximum Gasteiger partial charge on any atom is 0.138 e. The van der Waals surface area contributed by atoms with Crippen LogP contribution in [0.2, 0.25) is 0 Å². The van der Waals surface area contributed by atoms with Crippen molar-refractivity contribution in [2.75, 3.05) is 0 Å². The molecular formula is C12H8FO2S-. The van der Waals surface area contributed by atoms with E-state index in [4.69, 9.17) is 0 Å². The Morgan fingerprint density at radius 2 is 1.69 bits per heavy atom. The van der Waals surface area contributed by atoms with Crippen molar-refractivity contribution in [2.24, 2.45) is 0 Å². The first-order valence-corrected chi connectivity index (χ1v) is 5.70. The summed E-state index contributed by atoms with van der Waals surface area (Å²) >= 11 is -2.53. The van der Waals surface area contributed by atoms with Gasteiger partial charge in [-0.15, -0.1) is 0 Å². The number of rotatable bonds is 2. The lowest BCUT2D eigenvalue weighted by molar-refractivity contribution is 0.523. The van der Waals surface area contributed by atoms with Crippen LogP contribution in [0.1, 0.15) is 0 Å². The van der Waals surface area contributed by atoms with Crippen LogP contribution in [0.5, 0.6) is 0 Å². The summed E-state index contributed by atoms with van der Waals surface area (Å²) in [7, 11) is 0. The van der Waals surface area contributed by atoms with E-state index in [0.29, 0.717) is 5.56 Å². The van der Waals surface area contributed by atoms with Crippen LogP contribution in [-0.2, 0) is 11.1 Å². The van der Waals surface area contributed by atoms with Gasteiger partial charge < -0.3 is 4.55 Å². The molecule has 2 aromatic carbocycles. The van der Waals surface area contributed by atoms with Gasteiger partial charge in [-0.1, -0.05) is 36.4 Å². The lowest BCUT2D eigenvalue weighted by Gasteiger charge is -2.08. The van der Waals surface area contributed by atoms with Crippen LogP contribution in [0, 0.1) is 5.82 Å². The Hall–Kier alpha value is -1.52. The van der Waals surface area contributed by atoms with Crippen molar-refractivity contribution in [2.45, 2.75) is 4.90 Å². The normalized spacial score (nSPS) is 12.4. The molecule has 2 rings (SSSR count). The van der Waals surface area contributed by atoms with Gasteiger partial charge in [0, 0.05) is 0 Å². The fraction of sp³-hybridized carbons (Fsp3) is 0. The summed E-state index contributed by atoms with van der Waals surface area (Å²) in [6.07, 6.45) is 0. The maximum atomic E-state index is 13.4. The van der Waals surface area contributed by atoms with Gasteiger partial charge in [-0.2, -0.15) is 0 Å². The van der Waals surface area contributed by atoms with Crippen LogP contribution in [-0.4, -0.2) is 8.76 Å². The van der Waals surface area contributed by atoms with Gasteiger partial charge in [-0.25, -0.2) is 4.39 Å². The molecule has 0 aliphatic heterocycles. The van der Waals surface area contributed by atoms with E-state index >= 15 is 0 Å². The Balaban J connectivity index is 2.46. The van der Waals surface area contributed by atoms with Crippen molar-refractivity contribution in [1.82, 2.24) is 0 Å². The maximum absolute atomic E-state index is 13.4. The molecule has 0 fully saturated rings. The minimum atomic E-state index is -2.53. The standard InChI is InChI=1S/C12H9FO2S/c13-11-8-10(6-7-12(11)16(14)15)9-4-2-1-3-5-9/h1-8H,(H,14,15)/p-1. The van der Waals surface area contributed by atoms with E-state index in [2.05, 4.69) is 0 Å². The van der Waals surface area contributed by atoms with Crippen LogP contribution < -0.4 is 0 Å². The second-order valence-corrected chi connectivity index (χ2v) is 4.16. The molecule has 2 nitrogen and oxygen atoms in total. The lowest BCUT2D eigenvalue weighted by Crippen LogP contribution is -1.93. The van der Waals surface area contributed by atoms with Crippen molar-refractivity contribution >= 4 is 11.1 Å². The highest BCUT2D eigenvalue weighted by atomic mass is 32.2. The molecule has 1 unspecified atom stereocenters. The van der Waals surface area contributed by atoms with Crippen LogP contribution >= 0.6 is 0 Å². The Labute approximate surface area is 95.0 Å². The Kier molecular flexibility index (Phi) is 3.12. The summed E-state index contributed by atoms with van der Waals surface area (Å²) in [5.41, 5.74) is 1.51. The molecule has 1 atom stereocenters. The third kappa shape index (κ3) is 2.18. The first kappa shape index (κ1) is 11.0. The van der Waals surface area contributed by atoms with Crippen LogP contribution in [0.3, 0.4) is 0 Å². The highest BCUT2D eigenvalue weighted by Gasteiger charge is 2.04. The molecule has 0 aliphatic carbocycles. The molecule has 0 amide bonds. The Morgan fingerprint density at radius 1 is 1.00 bits per heavy atom. The molecule has 0 aromatic heterocycles. The zero-order chi connectivity index (χ0) is 11.5. The van der Waals surface area contributed by atoms with Gasteiger partial charge in [0.05, 0.1) is 4.90 Å². The molecular weight excluding hydrogens is 227 g/mol. The minimum Gasteiger partial charge on any atom is -0.768 e. The number of hydrogen-bond acceptors (Lipinski definition) is 2. The predicted molar refractivity (Wildman–Crippen MR) is 59.0 cm³/mol. The number of hydrogen-bond donors (Lipinski definition) is 0. The summed E-state index contributed by atoms with van der Waals surface area (Å²) in [6, 6.07) is 13.3. The Bertz CT molecular complexity index is 526. The van der Waals surface area contributed by atoms with E-state index in [9.17, 15) is 13.2 Å². The van der Waals surface area contributed by atoms with Crippen molar-refractivity contribution < 1.29 is 13.2 Å². The van der Waals surface area contributed by atoms with E-state index in [1.54, 1.807) is 6.07 Å². The molecule has 2 aromatic rings. The molecule has 0 aliphatic rings. The summed E-state index contributed by atoms with van der Waals surface area (Å²) in [4.78, 5) is -0.306. The topological polar surface area (TPSA) is 40.1 Å². The molecule has 0 radical (unpaired) electrons. The van der Waals surface area contributed by atoms with Crippen molar-refractivity contribution in [3.63, 3.8) is 0 Å². The lowest BCUT2D eigenvalue weighted by atomic mass is 10.1. The summed E-state index contributed by atoms with van der Waals surface area (Å²) in [5.74, 6) is -0.727. The monoisotopic (exact) mass is 235 g/mol. The van der Waals surface area contributed by atoms with E-state index in [1.165, 1.54) is 12.1 Å². The number of halogens is 1. The van der Waals surface area contributed by atoms with Gasteiger partial charge in [-0.3, -0.25) is 4.21 Å². The van der Waals surface area contributed by atoms with Gasteiger partial charge in [-0.05, 0) is 34.3 Å². The molecule has 82 valence electrons. The predicted octanol–water partition coefficient (Wildman–Crippen LogP) is 2.73. The van der Waals surface area contributed by atoms with Crippen molar-refractivity contribution in [3.05, 3.63) is 54.3 Å². The van der Waals surface area contributed by atoms with Gasteiger partial charge >= 0.3 is 0 Å². The molecule has 16 heavy (non-hydrogen) atoms. The van der Waals surface area contributed by atoms with E-state index in [-0.39, 0.29) is 4.90 Å². The van der Waals surface area contributed by atoms with Crippen molar-refractivity contribution in [3.8, 4) is 11.1 Å². The summed E-state index contributed by atoms with van der Waals surface area (Å²) < 4.78 is 34.7. The summed E-state index contributed by atoms with van der Waals surface area (Å²) in [5, 5.41) is 0. The molecule has 4 heteroatoms. The molecule has 0 bridgehead atoms. The molecule has 0 spiro atoms. The largest absolute Gasteiger partial charge is 0.768 e. The third-order valence-corrected chi connectivity index (χ3v) is 2.91.